The lowest BCUT2D eigenvalue weighted by Gasteiger charge is -2.32. The van der Waals surface area contributed by atoms with Crippen LogP contribution >= 0.6 is 12.4 Å². The average molecular weight is 334 g/mol. The molecule has 1 saturated heterocycles. The van der Waals surface area contributed by atoms with Crippen LogP contribution in [0.25, 0.3) is 0 Å². The van der Waals surface area contributed by atoms with Gasteiger partial charge in [-0.15, -0.1) is 12.4 Å². The molecule has 0 saturated carbocycles. The van der Waals surface area contributed by atoms with Crippen molar-refractivity contribution in [2.45, 2.75) is 19.4 Å². The minimum Gasteiger partial charge on any atom is -0.355 e. The molecule has 2 rings (SSSR count). The van der Waals surface area contributed by atoms with Gasteiger partial charge in [0.05, 0.1) is 5.92 Å². The van der Waals surface area contributed by atoms with Gasteiger partial charge in [0, 0.05) is 37.8 Å². The van der Waals surface area contributed by atoms with Crippen molar-refractivity contribution >= 4 is 18.3 Å². The number of halogens is 3. The molecule has 1 amide bonds. The number of nitrogens with one attached hydrogen (secondary N) is 1. The highest BCUT2D eigenvalue weighted by molar-refractivity contribution is 5.85. The molecule has 1 atom stereocenters. The molecule has 1 aromatic carbocycles. The van der Waals surface area contributed by atoms with Crippen LogP contribution in [0.1, 0.15) is 18.4 Å². The van der Waals surface area contributed by atoms with Crippen LogP contribution in [0, 0.1) is 17.6 Å². The predicted octanol–water partition coefficient (Wildman–Crippen LogP) is 1.67. The largest absolute Gasteiger partial charge is 0.355 e. The average Bonchev–Trinajstić information content (AvgIpc) is 2.48. The first-order chi connectivity index (χ1) is 10.1. The van der Waals surface area contributed by atoms with E-state index in [0.29, 0.717) is 31.7 Å². The Morgan fingerprint density at radius 1 is 1.41 bits per heavy atom. The molecule has 1 fully saturated rings. The number of piperidine rings is 1. The Morgan fingerprint density at radius 2 is 2.18 bits per heavy atom. The summed E-state index contributed by atoms with van der Waals surface area (Å²) in [5.74, 6) is -1.20. The second kappa shape index (κ2) is 9.02. The highest BCUT2D eigenvalue weighted by Gasteiger charge is 2.25. The molecule has 0 radical (unpaired) electrons. The minimum atomic E-state index is -0.575. The van der Waals surface area contributed by atoms with Gasteiger partial charge in [-0.3, -0.25) is 9.69 Å². The Labute approximate surface area is 135 Å². The maximum absolute atomic E-state index is 13.7. The van der Waals surface area contributed by atoms with Gasteiger partial charge < -0.3 is 11.1 Å². The lowest BCUT2D eigenvalue weighted by molar-refractivity contribution is -0.126. The summed E-state index contributed by atoms with van der Waals surface area (Å²) in [4.78, 5) is 14.0. The monoisotopic (exact) mass is 333 g/mol. The molecule has 22 heavy (non-hydrogen) atoms. The summed E-state index contributed by atoms with van der Waals surface area (Å²) in [6, 6.07) is 3.61. The van der Waals surface area contributed by atoms with Gasteiger partial charge in [0.25, 0.3) is 0 Å². The van der Waals surface area contributed by atoms with Crippen molar-refractivity contribution in [3.05, 3.63) is 35.4 Å². The summed E-state index contributed by atoms with van der Waals surface area (Å²) < 4.78 is 26.6. The summed E-state index contributed by atoms with van der Waals surface area (Å²) in [6.45, 7) is 2.70. The van der Waals surface area contributed by atoms with E-state index in [4.69, 9.17) is 5.73 Å². The van der Waals surface area contributed by atoms with E-state index in [0.717, 1.165) is 25.5 Å². The fourth-order valence-corrected chi connectivity index (χ4v) is 2.64. The van der Waals surface area contributed by atoms with E-state index in [2.05, 4.69) is 5.32 Å². The smallest absolute Gasteiger partial charge is 0.224 e. The van der Waals surface area contributed by atoms with Crippen LogP contribution in [0.5, 0.6) is 0 Å². The van der Waals surface area contributed by atoms with E-state index in [1.165, 1.54) is 12.1 Å². The number of hydrogen-bond donors (Lipinski definition) is 2. The highest BCUT2D eigenvalue weighted by atomic mass is 35.5. The third-order valence-corrected chi connectivity index (χ3v) is 3.73. The van der Waals surface area contributed by atoms with E-state index in [1.54, 1.807) is 0 Å². The Balaban J connectivity index is 0.00000242. The molecule has 1 heterocycles. The number of rotatable bonds is 5. The SMILES string of the molecule is Cl.NCCNC(=O)C1CCCN(Cc2ccc(F)cc2F)C1. The Morgan fingerprint density at radius 3 is 2.86 bits per heavy atom. The molecule has 3 N–H and O–H groups in total. The fraction of sp³-hybridized carbons (Fsp3) is 0.533. The topological polar surface area (TPSA) is 58.4 Å². The maximum Gasteiger partial charge on any atom is 0.224 e. The van der Waals surface area contributed by atoms with Gasteiger partial charge in [-0.05, 0) is 25.5 Å². The third kappa shape index (κ3) is 5.19. The van der Waals surface area contributed by atoms with Crippen molar-refractivity contribution in [1.82, 2.24) is 10.2 Å². The molecule has 0 bridgehead atoms. The van der Waals surface area contributed by atoms with Crippen molar-refractivity contribution in [2.75, 3.05) is 26.2 Å². The Hall–Kier alpha value is -1.24. The normalized spacial score (nSPS) is 18.6. The number of benzene rings is 1. The summed E-state index contributed by atoms with van der Waals surface area (Å²) in [6.07, 6.45) is 1.72. The predicted molar refractivity (Wildman–Crippen MR) is 83.7 cm³/mol. The second-order valence-corrected chi connectivity index (χ2v) is 5.39. The summed E-state index contributed by atoms with van der Waals surface area (Å²) in [5.41, 5.74) is 5.83. The first-order valence-corrected chi connectivity index (χ1v) is 7.24. The van der Waals surface area contributed by atoms with E-state index < -0.39 is 11.6 Å². The van der Waals surface area contributed by atoms with Gasteiger partial charge in [-0.2, -0.15) is 0 Å². The van der Waals surface area contributed by atoms with Gasteiger partial charge in [-0.25, -0.2) is 8.78 Å². The lowest BCUT2D eigenvalue weighted by atomic mass is 9.96. The van der Waals surface area contributed by atoms with Gasteiger partial charge >= 0.3 is 0 Å². The molecule has 0 spiro atoms. The van der Waals surface area contributed by atoms with Crippen LogP contribution in [0.15, 0.2) is 18.2 Å². The third-order valence-electron chi connectivity index (χ3n) is 3.73. The number of nitrogens with zero attached hydrogens (tertiary/aromatic N) is 1. The van der Waals surface area contributed by atoms with Crippen LogP contribution in [-0.4, -0.2) is 37.0 Å². The molecule has 0 aliphatic carbocycles. The summed E-state index contributed by atoms with van der Waals surface area (Å²) in [7, 11) is 0. The molecule has 1 aromatic rings. The quantitative estimate of drug-likeness (QED) is 0.862. The molecule has 1 unspecified atom stereocenters. The zero-order valence-electron chi connectivity index (χ0n) is 12.4. The van der Waals surface area contributed by atoms with Gasteiger partial charge in [0.1, 0.15) is 11.6 Å². The van der Waals surface area contributed by atoms with E-state index in [-0.39, 0.29) is 24.2 Å². The van der Waals surface area contributed by atoms with E-state index in [9.17, 15) is 13.6 Å². The molecular weight excluding hydrogens is 312 g/mol. The molecule has 0 aromatic heterocycles. The molecule has 4 nitrogen and oxygen atoms in total. The van der Waals surface area contributed by atoms with Crippen LogP contribution in [0.2, 0.25) is 0 Å². The van der Waals surface area contributed by atoms with Crippen LogP contribution in [0.4, 0.5) is 8.78 Å². The van der Waals surface area contributed by atoms with Crippen LogP contribution < -0.4 is 11.1 Å². The van der Waals surface area contributed by atoms with E-state index >= 15 is 0 Å². The van der Waals surface area contributed by atoms with Crippen molar-refractivity contribution in [3.8, 4) is 0 Å². The number of carbonyl (C=O) groups is 1. The molecule has 1 aliphatic heterocycles. The van der Waals surface area contributed by atoms with Gasteiger partial charge in [0.15, 0.2) is 0 Å². The fourth-order valence-electron chi connectivity index (χ4n) is 2.64. The first kappa shape index (κ1) is 18.8. The lowest BCUT2D eigenvalue weighted by Crippen LogP contribution is -2.43. The van der Waals surface area contributed by atoms with Crippen molar-refractivity contribution in [2.24, 2.45) is 11.7 Å². The standard InChI is InChI=1S/C15H21F2N3O.ClH/c16-13-4-3-11(14(17)8-13)9-20-7-1-2-12(10-20)15(21)19-6-5-18;/h3-4,8,12H,1-2,5-7,9-10,18H2,(H,19,21);1H. The summed E-state index contributed by atoms with van der Waals surface area (Å²) >= 11 is 0. The van der Waals surface area contributed by atoms with Crippen molar-refractivity contribution in [1.29, 1.82) is 0 Å². The molecule has 7 heteroatoms. The number of likely N-dealkylation sites (tertiary alicyclic amines) is 1. The summed E-state index contributed by atoms with van der Waals surface area (Å²) in [5, 5.41) is 2.79. The van der Waals surface area contributed by atoms with Crippen LogP contribution in [0.3, 0.4) is 0 Å². The zero-order chi connectivity index (χ0) is 15.2. The van der Waals surface area contributed by atoms with E-state index in [1.807, 2.05) is 4.90 Å². The minimum absolute atomic E-state index is 0. The number of nitrogens with two attached hydrogens (primary N) is 1. The van der Waals surface area contributed by atoms with Gasteiger partial charge in [-0.1, -0.05) is 6.07 Å². The van der Waals surface area contributed by atoms with Crippen molar-refractivity contribution < 1.29 is 13.6 Å². The highest BCUT2D eigenvalue weighted by Crippen LogP contribution is 2.20. The molecule has 1 aliphatic rings. The zero-order valence-corrected chi connectivity index (χ0v) is 13.2. The first-order valence-electron chi connectivity index (χ1n) is 7.24. The number of carbonyl (C=O) groups excluding carboxylic acids is 1. The van der Waals surface area contributed by atoms with Gasteiger partial charge in [0.2, 0.25) is 5.91 Å². The Bertz CT molecular complexity index is 502. The number of hydrogen-bond acceptors (Lipinski definition) is 3. The maximum atomic E-state index is 13.7. The van der Waals surface area contributed by atoms with Crippen LogP contribution in [-0.2, 0) is 11.3 Å². The Kier molecular flexibility index (Phi) is 7.72. The molecule has 124 valence electrons. The van der Waals surface area contributed by atoms with Crippen molar-refractivity contribution in [3.63, 3.8) is 0 Å². The number of amides is 1. The molecular formula is C15H22ClF2N3O. The second-order valence-electron chi connectivity index (χ2n) is 5.39.